The summed E-state index contributed by atoms with van der Waals surface area (Å²) in [4.78, 5) is 22.2. The maximum absolute atomic E-state index is 11.2. The first-order chi connectivity index (χ1) is 9.49. The van der Waals surface area contributed by atoms with Crippen LogP contribution in [0.2, 0.25) is 0 Å². The average molecular weight is 269 g/mol. The molecule has 2 aromatic carbocycles. The Bertz CT molecular complexity index is 677. The van der Waals surface area contributed by atoms with Crippen LogP contribution < -0.4 is 5.32 Å². The number of carboxylic acid groups (broad SMARTS) is 1. The lowest BCUT2D eigenvalue weighted by Gasteiger charge is -2.10. The van der Waals surface area contributed by atoms with Crippen molar-refractivity contribution in [2.24, 2.45) is 0 Å². The number of nitrogens with one attached hydrogen (secondary N) is 1. The summed E-state index contributed by atoms with van der Waals surface area (Å²) in [7, 11) is 0. The van der Waals surface area contributed by atoms with Crippen LogP contribution >= 0.6 is 0 Å². The van der Waals surface area contributed by atoms with Gasteiger partial charge in [0.2, 0.25) is 5.91 Å². The zero-order chi connectivity index (χ0) is 14.7. The van der Waals surface area contributed by atoms with Crippen LogP contribution in [0.3, 0.4) is 0 Å². The van der Waals surface area contributed by atoms with Gasteiger partial charge in [-0.2, -0.15) is 0 Å². The zero-order valence-electron chi connectivity index (χ0n) is 11.3. The molecular weight excluding hydrogens is 254 g/mol. The van der Waals surface area contributed by atoms with Gasteiger partial charge >= 0.3 is 5.97 Å². The van der Waals surface area contributed by atoms with Crippen LogP contribution in [0.25, 0.3) is 11.1 Å². The van der Waals surface area contributed by atoms with E-state index in [9.17, 15) is 9.59 Å². The molecule has 0 radical (unpaired) electrons. The molecule has 2 rings (SSSR count). The summed E-state index contributed by atoms with van der Waals surface area (Å²) in [6.07, 6.45) is 0. The third-order valence-corrected chi connectivity index (χ3v) is 3.06. The maximum atomic E-state index is 11.2. The fraction of sp³-hybridized carbons (Fsp3) is 0.125. The summed E-state index contributed by atoms with van der Waals surface area (Å²) in [5, 5.41) is 11.9. The number of aromatic carboxylic acids is 1. The van der Waals surface area contributed by atoms with Crippen molar-refractivity contribution in [3.05, 3.63) is 53.6 Å². The zero-order valence-corrected chi connectivity index (χ0v) is 11.3. The third-order valence-electron chi connectivity index (χ3n) is 3.06. The van der Waals surface area contributed by atoms with Gasteiger partial charge in [-0.25, -0.2) is 4.79 Å². The van der Waals surface area contributed by atoms with Crippen molar-refractivity contribution in [1.29, 1.82) is 0 Å². The molecule has 102 valence electrons. The first kappa shape index (κ1) is 13.8. The quantitative estimate of drug-likeness (QED) is 0.898. The molecule has 4 nitrogen and oxygen atoms in total. The second kappa shape index (κ2) is 5.57. The lowest BCUT2D eigenvalue weighted by atomic mass is 9.96. The molecule has 0 bridgehead atoms. The van der Waals surface area contributed by atoms with Crippen molar-refractivity contribution in [3.63, 3.8) is 0 Å². The molecule has 0 aliphatic heterocycles. The van der Waals surface area contributed by atoms with Gasteiger partial charge in [0.05, 0.1) is 5.56 Å². The van der Waals surface area contributed by atoms with E-state index >= 15 is 0 Å². The number of anilines is 1. The van der Waals surface area contributed by atoms with Gasteiger partial charge in [-0.1, -0.05) is 24.3 Å². The van der Waals surface area contributed by atoms with Gasteiger partial charge in [0.15, 0.2) is 0 Å². The Balaban J connectivity index is 2.49. The van der Waals surface area contributed by atoms with Gasteiger partial charge in [0.25, 0.3) is 0 Å². The molecule has 2 aromatic rings. The van der Waals surface area contributed by atoms with E-state index in [0.717, 1.165) is 11.1 Å². The highest BCUT2D eigenvalue weighted by Crippen LogP contribution is 2.27. The van der Waals surface area contributed by atoms with E-state index in [4.69, 9.17) is 5.11 Å². The lowest BCUT2D eigenvalue weighted by molar-refractivity contribution is -0.114. The number of hydrogen-bond donors (Lipinski definition) is 2. The Morgan fingerprint density at radius 2 is 1.80 bits per heavy atom. The van der Waals surface area contributed by atoms with E-state index < -0.39 is 5.97 Å². The molecule has 0 saturated heterocycles. The Morgan fingerprint density at radius 3 is 2.45 bits per heavy atom. The molecule has 0 unspecified atom stereocenters. The molecule has 0 fully saturated rings. The van der Waals surface area contributed by atoms with Gasteiger partial charge in [-0.3, -0.25) is 4.79 Å². The Hall–Kier alpha value is -2.62. The standard InChI is InChI=1S/C16H15NO3/c1-10-14(7-4-8-15(10)16(19)20)12-5-3-6-13(9-12)17-11(2)18/h3-9H,1-2H3,(H,17,18)(H,19,20). The minimum Gasteiger partial charge on any atom is -0.478 e. The first-order valence-corrected chi connectivity index (χ1v) is 6.20. The van der Waals surface area contributed by atoms with E-state index in [0.29, 0.717) is 11.3 Å². The molecule has 0 heterocycles. The molecule has 0 aliphatic rings. The van der Waals surface area contributed by atoms with Gasteiger partial charge < -0.3 is 10.4 Å². The predicted molar refractivity (Wildman–Crippen MR) is 77.9 cm³/mol. The SMILES string of the molecule is CC(=O)Nc1cccc(-c2cccc(C(=O)O)c2C)c1. The first-order valence-electron chi connectivity index (χ1n) is 6.20. The van der Waals surface area contributed by atoms with E-state index in [1.54, 1.807) is 25.1 Å². The summed E-state index contributed by atoms with van der Waals surface area (Å²) in [6, 6.07) is 12.5. The molecule has 0 aliphatic carbocycles. The number of hydrogen-bond acceptors (Lipinski definition) is 2. The second-order valence-electron chi connectivity index (χ2n) is 4.55. The van der Waals surface area contributed by atoms with Crippen molar-refractivity contribution >= 4 is 17.6 Å². The minimum atomic E-state index is -0.942. The van der Waals surface area contributed by atoms with Crippen molar-refractivity contribution in [1.82, 2.24) is 0 Å². The van der Waals surface area contributed by atoms with Crippen LogP contribution in [0.15, 0.2) is 42.5 Å². The number of carbonyl (C=O) groups excluding carboxylic acids is 1. The second-order valence-corrected chi connectivity index (χ2v) is 4.55. The van der Waals surface area contributed by atoms with E-state index in [-0.39, 0.29) is 11.5 Å². The molecule has 0 aromatic heterocycles. The van der Waals surface area contributed by atoms with Gasteiger partial charge in [-0.15, -0.1) is 0 Å². The monoisotopic (exact) mass is 269 g/mol. The number of amides is 1. The summed E-state index contributed by atoms with van der Waals surface area (Å²) in [5.74, 6) is -1.08. The van der Waals surface area contributed by atoms with E-state index in [1.807, 2.05) is 24.3 Å². The van der Waals surface area contributed by atoms with Crippen LogP contribution in [-0.4, -0.2) is 17.0 Å². The number of benzene rings is 2. The molecule has 1 amide bonds. The van der Waals surface area contributed by atoms with E-state index in [1.165, 1.54) is 6.92 Å². The predicted octanol–water partition coefficient (Wildman–Crippen LogP) is 3.32. The van der Waals surface area contributed by atoms with Gasteiger partial charge in [0.1, 0.15) is 0 Å². The van der Waals surface area contributed by atoms with Crippen LogP contribution in [0.4, 0.5) is 5.69 Å². The molecule has 20 heavy (non-hydrogen) atoms. The Morgan fingerprint density at radius 1 is 1.10 bits per heavy atom. The Kier molecular flexibility index (Phi) is 3.84. The highest BCUT2D eigenvalue weighted by molar-refractivity contribution is 5.93. The van der Waals surface area contributed by atoms with Crippen LogP contribution in [-0.2, 0) is 4.79 Å². The van der Waals surface area contributed by atoms with Crippen molar-refractivity contribution in [2.75, 3.05) is 5.32 Å². The minimum absolute atomic E-state index is 0.141. The lowest BCUT2D eigenvalue weighted by Crippen LogP contribution is -2.05. The topological polar surface area (TPSA) is 66.4 Å². The summed E-state index contributed by atoms with van der Waals surface area (Å²) < 4.78 is 0. The molecule has 0 atom stereocenters. The highest BCUT2D eigenvalue weighted by Gasteiger charge is 2.11. The van der Waals surface area contributed by atoms with Crippen LogP contribution in [0.5, 0.6) is 0 Å². The van der Waals surface area contributed by atoms with Crippen molar-refractivity contribution < 1.29 is 14.7 Å². The van der Waals surface area contributed by atoms with Crippen LogP contribution in [0.1, 0.15) is 22.8 Å². The summed E-state index contributed by atoms with van der Waals surface area (Å²) >= 11 is 0. The smallest absolute Gasteiger partial charge is 0.335 e. The normalized spacial score (nSPS) is 10.1. The van der Waals surface area contributed by atoms with Crippen LogP contribution in [0, 0.1) is 6.92 Å². The highest BCUT2D eigenvalue weighted by atomic mass is 16.4. The van der Waals surface area contributed by atoms with Gasteiger partial charge in [-0.05, 0) is 41.8 Å². The largest absolute Gasteiger partial charge is 0.478 e. The van der Waals surface area contributed by atoms with Gasteiger partial charge in [0, 0.05) is 12.6 Å². The Labute approximate surface area is 117 Å². The molecule has 0 saturated carbocycles. The molecular formula is C16H15NO3. The summed E-state index contributed by atoms with van der Waals surface area (Å²) in [6.45, 7) is 3.23. The number of carboxylic acids is 1. The fourth-order valence-corrected chi connectivity index (χ4v) is 2.15. The average Bonchev–Trinajstić information content (AvgIpc) is 2.38. The van der Waals surface area contributed by atoms with Crippen molar-refractivity contribution in [3.8, 4) is 11.1 Å². The fourth-order valence-electron chi connectivity index (χ4n) is 2.15. The number of carbonyl (C=O) groups is 2. The molecule has 4 heteroatoms. The molecule has 0 spiro atoms. The molecule has 2 N–H and O–H groups in total. The number of rotatable bonds is 3. The summed E-state index contributed by atoms with van der Waals surface area (Å²) in [5.41, 5.74) is 3.40. The van der Waals surface area contributed by atoms with Crippen molar-refractivity contribution in [2.45, 2.75) is 13.8 Å². The maximum Gasteiger partial charge on any atom is 0.335 e. The van der Waals surface area contributed by atoms with E-state index in [2.05, 4.69) is 5.32 Å². The third kappa shape index (κ3) is 2.85.